The van der Waals surface area contributed by atoms with E-state index in [0.29, 0.717) is 12.0 Å². The number of fused-ring (bicyclic) bond motifs is 1. The number of benzene rings is 2. The molecule has 0 spiro atoms. The van der Waals surface area contributed by atoms with E-state index in [-0.39, 0.29) is 40.6 Å². The number of aromatic hydroxyl groups is 3. The molecule has 1 saturated carbocycles. The highest BCUT2D eigenvalue weighted by Gasteiger charge is 2.29. The number of hydrogen-bond donors (Lipinski definition) is 4. The van der Waals surface area contributed by atoms with Crippen LogP contribution in [0.1, 0.15) is 38.5 Å². The van der Waals surface area contributed by atoms with Crippen molar-refractivity contribution in [3.8, 4) is 34.3 Å². The molecule has 0 aliphatic heterocycles. The molecule has 1 heterocycles. The maximum atomic E-state index is 12.9. The largest absolute Gasteiger partial charge is 0.508 e. The van der Waals surface area contributed by atoms with Crippen LogP contribution in [0.25, 0.3) is 22.3 Å². The Morgan fingerprint density at radius 1 is 0.967 bits per heavy atom. The molecule has 0 unspecified atom stereocenters. The Bertz CT molecular complexity index is 1110. The third kappa shape index (κ3) is 3.93. The highest BCUT2D eigenvalue weighted by molar-refractivity contribution is 5.88. The summed E-state index contributed by atoms with van der Waals surface area (Å²) in [7, 11) is 0. The normalized spacial score (nSPS) is 15.9. The molecule has 3 aromatic rings. The van der Waals surface area contributed by atoms with Crippen molar-refractivity contribution in [2.24, 2.45) is 0 Å². The molecule has 0 atom stereocenters. The molecule has 1 aliphatic rings. The van der Waals surface area contributed by atoms with Gasteiger partial charge in [-0.2, -0.15) is 0 Å². The Labute approximate surface area is 172 Å². The molecule has 158 valence electrons. The van der Waals surface area contributed by atoms with Crippen molar-refractivity contribution >= 4 is 11.0 Å². The van der Waals surface area contributed by atoms with Crippen LogP contribution in [-0.4, -0.2) is 32.6 Å². The molecule has 0 radical (unpaired) electrons. The van der Waals surface area contributed by atoms with Gasteiger partial charge in [0.25, 0.3) is 0 Å². The highest BCUT2D eigenvalue weighted by atomic mass is 16.5. The maximum Gasteiger partial charge on any atom is 0.238 e. The topological polar surface area (TPSA) is 120 Å². The van der Waals surface area contributed by atoms with E-state index < -0.39 is 16.8 Å². The van der Waals surface area contributed by atoms with E-state index in [4.69, 9.17) is 9.15 Å². The van der Waals surface area contributed by atoms with Crippen molar-refractivity contribution in [3.63, 3.8) is 0 Å². The average Bonchev–Trinajstić information content (AvgIpc) is 2.71. The Balaban J connectivity index is 1.68. The molecular weight excluding hydrogens is 388 g/mol. The van der Waals surface area contributed by atoms with Gasteiger partial charge in [-0.05, 0) is 37.1 Å². The van der Waals surface area contributed by atoms with Gasteiger partial charge < -0.3 is 29.6 Å². The van der Waals surface area contributed by atoms with E-state index >= 15 is 0 Å². The summed E-state index contributed by atoms with van der Waals surface area (Å²) < 4.78 is 11.5. The number of ether oxygens (including phenoxy) is 1. The number of aliphatic hydroxyl groups is 1. The molecule has 2 aromatic carbocycles. The monoisotopic (exact) mass is 412 g/mol. The van der Waals surface area contributed by atoms with Crippen molar-refractivity contribution in [1.82, 2.24) is 0 Å². The standard InChI is InChI=1S/C23H24O7/c24-15-6-4-14(5-7-15)22-21(27)20(26)19-17(12-16(25)13-18(19)30-22)29-11-10-23(28)8-2-1-3-9-23/h4-7,12-13,24-25,27-28H,1-3,8-11H2. The third-order valence-corrected chi connectivity index (χ3v) is 5.66. The van der Waals surface area contributed by atoms with Crippen LogP contribution in [0.15, 0.2) is 45.6 Å². The Morgan fingerprint density at radius 3 is 2.37 bits per heavy atom. The van der Waals surface area contributed by atoms with Crippen molar-refractivity contribution in [2.45, 2.75) is 44.1 Å². The first-order valence-electron chi connectivity index (χ1n) is 10.0. The smallest absolute Gasteiger partial charge is 0.238 e. The fraction of sp³-hybridized carbons (Fsp3) is 0.348. The van der Waals surface area contributed by atoms with E-state index in [9.17, 15) is 25.2 Å². The van der Waals surface area contributed by atoms with Crippen LogP contribution < -0.4 is 10.2 Å². The van der Waals surface area contributed by atoms with Crippen molar-refractivity contribution in [2.75, 3.05) is 6.61 Å². The first-order chi connectivity index (χ1) is 14.4. The molecule has 1 aliphatic carbocycles. The minimum absolute atomic E-state index is 0.0171. The van der Waals surface area contributed by atoms with Crippen LogP contribution in [0.5, 0.6) is 23.0 Å². The average molecular weight is 412 g/mol. The Morgan fingerprint density at radius 2 is 1.67 bits per heavy atom. The summed E-state index contributed by atoms with van der Waals surface area (Å²) in [6, 6.07) is 8.40. The van der Waals surface area contributed by atoms with Crippen molar-refractivity contribution < 1.29 is 29.6 Å². The van der Waals surface area contributed by atoms with Gasteiger partial charge >= 0.3 is 0 Å². The van der Waals surface area contributed by atoms with E-state index in [1.54, 1.807) is 0 Å². The molecule has 30 heavy (non-hydrogen) atoms. The van der Waals surface area contributed by atoms with Gasteiger partial charge in [0.15, 0.2) is 5.76 Å². The van der Waals surface area contributed by atoms with Crippen molar-refractivity contribution in [1.29, 1.82) is 0 Å². The predicted molar refractivity (Wildman–Crippen MR) is 111 cm³/mol. The van der Waals surface area contributed by atoms with Crippen molar-refractivity contribution in [3.05, 3.63) is 46.6 Å². The molecule has 4 rings (SSSR count). The zero-order chi connectivity index (χ0) is 21.3. The lowest BCUT2D eigenvalue weighted by Crippen LogP contribution is -2.33. The molecule has 4 N–H and O–H groups in total. The van der Waals surface area contributed by atoms with Gasteiger partial charge in [0.1, 0.15) is 28.2 Å². The van der Waals surface area contributed by atoms with Crippen LogP contribution in [0.4, 0.5) is 0 Å². The first kappa shape index (κ1) is 20.1. The number of rotatable bonds is 5. The molecule has 7 heteroatoms. The molecule has 0 saturated heterocycles. The lowest BCUT2D eigenvalue weighted by atomic mass is 9.83. The third-order valence-electron chi connectivity index (χ3n) is 5.66. The van der Waals surface area contributed by atoms with E-state index in [0.717, 1.165) is 32.1 Å². The maximum absolute atomic E-state index is 12.9. The Hall–Kier alpha value is -3.19. The summed E-state index contributed by atoms with van der Waals surface area (Å²) in [5.74, 6) is -0.686. The fourth-order valence-corrected chi connectivity index (χ4v) is 3.99. The van der Waals surface area contributed by atoms with Gasteiger partial charge in [0, 0.05) is 24.1 Å². The summed E-state index contributed by atoms with van der Waals surface area (Å²) in [4.78, 5) is 12.9. The molecule has 1 fully saturated rings. The lowest BCUT2D eigenvalue weighted by Gasteiger charge is -2.31. The van der Waals surface area contributed by atoms with E-state index in [2.05, 4.69) is 0 Å². The molecular formula is C23H24O7. The van der Waals surface area contributed by atoms with Crippen LogP contribution >= 0.6 is 0 Å². The van der Waals surface area contributed by atoms with E-state index in [1.165, 1.54) is 36.4 Å². The number of phenols is 2. The lowest BCUT2D eigenvalue weighted by molar-refractivity contribution is -0.0134. The summed E-state index contributed by atoms with van der Waals surface area (Å²) in [5, 5.41) is 40.6. The quantitative estimate of drug-likeness (QED) is 0.499. The fourth-order valence-electron chi connectivity index (χ4n) is 3.99. The van der Waals surface area contributed by atoms with E-state index in [1.807, 2.05) is 0 Å². The second-order valence-corrected chi connectivity index (χ2v) is 7.86. The summed E-state index contributed by atoms with van der Waals surface area (Å²) in [6.45, 7) is 0.162. The highest BCUT2D eigenvalue weighted by Crippen LogP contribution is 2.37. The predicted octanol–water partition coefficient (Wildman–Crippen LogP) is 4.04. The molecule has 0 amide bonds. The minimum Gasteiger partial charge on any atom is -0.508 e. The molecule has 0 bridgehead atoms. The van der Waals surface area contributed by atoms with Gasteiger partial charge in [-0.1, -0.05) is 19.3 Å². The second-order valence-electron chi connectivity index (χ2n) is 7.86. The van der Waals surface area contributed by atoms with Crippen LogP contribution in [0.3, 0.4) is 0 Å². The van der Waals surface area contributed by atoms with Gasteiger partial charge in [0.2, 0.25) is 11.2 Å². The number of phenolic OH excluding ortho intramolecular Hbond substituents is 2. The minimum atomic E-state index is -0.774. The molecule has 7 nitrogen and oxygen atoms in total. The van der Waals surface area contributed by atoms with Gasteiger partial charge in [-0.25, -0.2) is 0 Å². The second kappa shape index (κ2) is 7.91. The summed E-state index contributed by atoms with van der Waals surface area (Å²) in [6.07, 6.45) is 4.91. The van der Waals surface area contributed by atoms with Crippen LogP contribution in [0.2, 0.25) is 0 Å². The first-order valence-corrected chi connectivity index (χ1v) is 10.0. The number of hydrogen-bond acceptors (Lipinski definition) is 7. The van der Waals surface area contributed by atoms with Crippen LogP contribution in [0, 0.1) is 0 Å². The summed E-state index contributed by atoms with van der Waals surface area (Å²) >= 11 is 0. The molecule has 1 aromatic heterocycles. The summed E-state index contributed by atoms with van der Waals surface area (Å²) in [5.41, 5.74) is -1.00. The zero-order valence-electron chi connectivity index (χ0n) is 16.4. The van der Waals surface area contributed by atoms with Gasteiger partial charge in [-0.3, -0.25) is 4.79 Å². The van der Waals surface area contributed by atoms with Gasteiger partial charge in [-0.15, -0.1) is 0 Å². The zero-order valence-corrected chi connectivity index (χ0v) is 16.4. The SMILES string of the molecule is O=c1c(O)c(-c2ccc(O)cc2)oc2cc(O)cc(OCCC3(O)CCCCC3)c12. The van der Waals surface area contributed by atoms with Crippen LogP contribution in [-0.2, 0) is 0 Å². The Kier molecular flexibility index (Phi) is 5.30. The van der Waals surface area contributed by atoms with Gasteiger partial charge in [0.05, 0.1) is 12.2 Å².